The molecule has 1 aliphatic heterocycles. The smallest absolute Gasteiger partial charge is 0.325 e. The summed E-state index contributed by atoms with van der Waals surface area (Å²) >= 11 is 0. The van der Waals surface area contributed by atoms with Crippen LogP contribution >= 0.6 is 0 Å². The van der Waals surface area contributed by atoms with Crippen molar-refractivity contribution >= 4 is 17.8 Å². The number of carbonyl (C=O) groups is 3. The molecule has 1 aliphatic rings. The Balaban J connectivity index is 2.12. The van der Waals surface area contributed by atoms with Gasteiger partial charge in [0, 0.05) is 13.2 Å². The number of urea groups is 1. The third-order valence-corrected chi connectivity index (χ3v) is 4.56. The summed E-state index contributed by atoms with van der Waals surface area (Å²) in [7, 11) is 1.54. The number of benzene rings is 1. The van der Waals surface area contributed by atoms with Crippen LogP contribution in [0.25, 0.3) is 0 Å². The second kappa shape index (κ2) is 7.86. The molecule has 0 spiro atoms. The van der Waals surface area contributed by atoms with Crippen molar-refractivity contribution in [1.29, 1.82) is 0 Å². The number of imide groups is 1. The SMILES string of the molecule is COC[C@H](C)NC(=O)CN1C(=O)N[C@@](C)(c2ccc(C(C)C)cc2)C1=O. The normalized spacial score (nSPS) is 21.1. The van der Waals surface area contributed by atoms with Crippen LogP contribution in [-0.4, -0.2) is 49.0 Å². The molecule has 0 aromatic heterocycles. The highest BCUT2D eigenvalue weighted by molar-refractivity contribution is 6.09. The quantitative estimate of drug-likeness (QED) is 0.724. The molecule has 142 valence electrons. The molecule has 2 rings (SSSR count). The summed E-state index contributed by atoms with van der Waals surface area (Å²) in [6.45, 7) is 7.65. The number of carbonyl (C=O) groups excluding carboxylic acids is 3. The Bertz CT molecular complexity index is 687. The highest BCUT2D eigenvalue weighted by atomic mass is 16.5. The Hall–Kier alpha value is -2.41. The Labute approximate surface area is 154 Å². The highest BCUT2D eigenvalue weighted by Gasteiger charge is 2.49. The number of nitrogens with zero attached hydrogens (tertiary/aromatic N) is 1. The van der Waals surface area contributed by atoms with Crippen molar-refractivity contribution in [3.05, 3.63) is 35.4 Å². The molecule has 1 fully saturated rings. The minimum absolute atomic E-state index is 0.205. The molecule has 2 atom stereocenters. The fourth-order valence-corrected chi connectivity index (χ4v) is 2.99. The summed E-state index contributed by atoms with van der Waals surface area (Å²) in [5.41, 5.74) is 0.666. The third kappa shape index (κ3) is 4.04. The summed E-state index contributed by atoms with van der Waals surface area (Å²) in [4.78, 5) is 38.2. The maximum absolute atomic E-state index is 12.8. The van der Waals surface area contributed by atoms with Crippen molar-refractivity contribution < 1.29 is 19.1 Å². The van der Waals surface area contributed by atoms with E-state index in [0.29, 0.717) is 18.1 Å². The van der Waals surface area contributed by atoms with Gasteiger partial charge in [0.2, 0.25) is 5.91 Å². The average molecular weight is 361 g/mol. The van der Waals surface area contributed by atoms with Crippen LogP contribution in [0.4, 0.5) is 4.79 Å². The van der Waals surface area contributed by atoms with Crippen LogP contribution in [0.15, 0.2) is 24.3 Å². The summed E-state index contributed by atoms with van der Waals surface area (Å²) < 4.78 is 4.96. The lowest BCUT2D eigenvalue weighted by atomic mass is 9.90. The van der Waals surface area contributed by atoms with E-state index in [4.69, 9.17) is 4.74 Å². The molecule has 7 heteroatoms. The summed E-state index contributed by atoms with van der Waals surface area (Å²) in [6.07, 6.45) is 0. The number of hydrogen-bond acceptors (Lipinski definition) is 4. The van der Waals surface area contributed by atoms with Crippen LogP contribution in [0, 0.1) is 0 Å². The number of rotatable bonds is 7. The van der Waals surface area contributed by atoms with Crippen LogP contribution < -0.4 is 10.6 Å². The second-order valence-corrected chi connectivity index (χ2v) is 7.15. The van der Waals surface area contributed by atoms with E-state index in [-0.39, 0.29) is 12.6 Å². The monoisotopic (exact) mass is 361 g/mol. The molecule has 0 bridgehead atoms. The van der Waals surface area contributed by atoms with E-state index < -0.39 is 23.4 Å². The lowest BCUT2D eigenvalue weighted by molar-refractivity contribution is -0.135. The summed E-state index contributed by atoms with van der Waals surface area (Å²) in [5, 5.41) is 5.41. The van der Waals surface area contributed by atoms with E-state index in [0.717, 1.165) is 10.5 Å². The number of methoxy groups -OCH3 is 1. The van der Waals surface area contributed by atoms with Gasteiger partial charge >= 0.3 is 6.03 Å². The first-order chi connectivity index (χ1) is 12.2. The first kappa shape index (κ1) is 19.9. The topological polar surface area (TPSA) is 87.7 Å². The number of amides is 4. The van der Waals surface area contributed by atoms with E-state index in [1.54, 1.807) is 13.8 Å². The Morgan fingerprint density at radius 3 is 2.38 bits per heavy atom. The van der Waals surface area contributed by atoms with Crippen LogP contribution in [0.5, 0.6) is 0 Å². The minimum atomic E-state index is -1.18. The van der Waals surface area contributed by atoms with Gasteiger partial charge in [0.15, 0.2) is 0 Å². The van der Waals surface area contributed by atoms with Crippen LogP contribution in [0.1, 0.15) is 44.7 Å². The molecule has 1 aromatic rings. The van der Waals surface area contributed by atoms with Crippen molar-refractivity contribution in [2.75, 3.05) is 20.3 Å². The predicted molar refractivity (Wildman–Crippen MR) is 97.6 cm³/mol. The van der Waals surface area contributed by atoms with Gasteiger partial charge < -0.3 is 15.4 Å². The van der Waals surface area contributed by atoms with Gasteiger partial charge in [-0.2, -0.15) is 0 Å². The third-order valence-electron chi connectivity index (χ3n) is 4.56. The van der Waals surface area contributed by atoms with E-state index in [1.807, 2.05) is 24.3 Å². The Morgan fingerprint density at radius 1 is 1.23 bits per heavy atom. The zero-order chi connectivity index (χ0) is 19.5. The zero-order valence-corrected chi connectivity index (χ0v) is 16.0. The fourth-order valence-electron chi connectivity index (χ4n) is 2.99. The molecule has 0 radical (unpaired) electrons. The maximum atomic E-state index is 12.8. The van der Waals surface area contributed by atoms with Crippen LogP contribution in [-0.2, 0) is 19.9 Å². The maximum Gasteiger partial charge on any atom is 0.325 e. The second-order valence-electron chi connectivity index (χ2n) is 7.15. The van der Waals surface area contributed by atoms with E-state index >= 15 is 0 Å². The Kier molecular flexibility index (Phi) is 6.02. The number of nitrogens with one attached hydrogen (secondary N) is 2. The molecule has 4 amide bonds. The standard InChI is InChI=1S/C19H27N3O4/c1-12(2)14-6-8-15(9-7-14)19(4)17(24)22(18(25)21-19)10-16(23)20-13(3)11-26-5/h6-9,12-13H,10-11H2,1-5H3,(H,20,23)(H,21,25)/t13-,19-/m0/s1. The molecule has 2 N–H and O–H groups in total. The van der Waals surface area contributed by atoms with Gasteiger partial charge in [-0.15, -0.1) is 0 Å². The van der Waals surface area contributed by atoms with Crippen LogP contribution in [0.3, 0.4) is 0 Å². The van der Waals surface area contributed by atoms with E-state index in [1.165, 1.54) is 7.11 Å². The van der Waals surface area contributed by atoms with Gasteiger partial charge in [0.25, 0.3) is 5.91 Å². The van der Waals surface area contributed by atoms with Gasteiger partial charge in [-0.3, -0.25) is 14.5 Å². The average Bonchev–Trinajstić information content (AvgIpc) is 2.79. The van der Waals surface area contributed by atoms with Crippen molar-refractivity contribution in [3.8, 4) is 0 Å². The molecule has 1 heterocycles. The first-order valence-corrected chi connectivity index (χ1v) is 8.72. The summed E-state index contributed by atoms with van der Waals surface area (Å²) in [6, 6.07) is 6.82. The van der Waals surface area contributed by atoms with E-state index in [9.17, 15) is 14.4 Å². The van der Waals surface area contributed by atoms with Crippen molar-refractivity contribution in [2.45, 2.75) is 45.2 Å². The van der Waals surface area contributed by atoms with Gasteiger partial charge in [0.05, 0.1) is 6.61 Å². The highest BCUT2D eigenvalue weighted by Crippen LogP contribution is 2.29. The van der Waals surface area contributed by atoms with Gasteiger partial charge in [0.1, 0.15) is 12.1 Å². The molecular weight excluding hydrogens is 334 g/mol. The van der Waals surface area contributed by atoms with Gasteiger partial charge in [-0.1, -0.05) is 38.1 Å². The molecular formula is C19H27N3O4. The Morgan fingerprint density at radius 2 is 1.85 bits per heavy atom. The molecule has 0 saturated carbocycles. The van der Waals surface area contributed by atoms with E-state index in [2.05, 4.69) is 24.5 Å². The molecule has 0 unspecified atom stereocenters. The lowest BCUT2D eigenvalue weighted by Gasteiger charge is -2.23. The summed E-state index contributed by atoms with van der Waals surface area (Å²) in [5.74, 6) is -0.466. The molecule has 7 nitrogen and oxygen atoms in total. The first-order valence-electron chi connectivity index (χ1n) is 8.72. The largest absolute Gasteiger partial charge is 0.383 e. The van der Waals surface area contributed by atoms with Gasteiger partial charge in [-0.25, -0.2) is 4.79 Å². The fraction of sp³-hybridized carbons (Fsp3) is 0.526. The van der Waals surface area contributed by atoms with Crippen molar-refractivity contribution in [3.63, 3.8) is 0 Å². The molecule has 1 saturated heterocycles. The number of ether oxygens (including phenoxy) is 1. The predicted octanol–water partition coefficient (Wildman–Crippen LogP) is 1.73. The van der Waals surface area contributed by atoms with Crippen LogP contribution in [0.2, 0.25) is 0 Å². The molecule has 0 aliphatic carbocycles. The van der Waals surface area contributed by atoms with Crippen molar-refractivity contribution in [1.82, 2.24) is 15.5 Å². The van der Waals surface area contributed by atoms with Gasteiger partial charge in [-0.05, 0) is 30.9 Å². The lowest BCUT2D eigenvalue weighted by Crippen LogP contribution is -2.45. The van der Waals surface area contributed by atoms with Crippen molar-refractivity contribution in [2.24, 2.45) is 0 Å². The minimum Gasteiger partial charge on any atom is -0.383 e. The zero-order valence-electron chi connectivity index (χ0n) is 16.0. The molecule has 1 aromatic carbocycles. The number of hydrogen-bond donors (Lipinski definition) is 2. The molecule has 26 heavy (non-hydrogen) atoms.